The van der Waals surface area contributed by atoms with Crippen LogP contribution in [0, 0.1) is 0 Å². The lowest BCUT2D eigenvalue weighted by Crippen LogP contribution is -2.26. The van der Waals surface area contributed by atoms with Crippen LogP contribution in [0.25, 0.3) is 11.3 Å². The first-order valence-corrected chi connectivity index (χ1v) is 5.33. The van der Waals surface area contributed by atoms with E-state index in [1.165, 1.54) is 4.90 Å². The predicted octanol–water partition coefficient (Wildman–Crippen LogP) is 1.06. The van der Waals surface area contributed by atoms with Crippen LogP contribution in [0.4, 0.5) is 5.95 Å². The second-order valence-electron chi connectivity index (χ2n) is 3.74. The highest BCUT2D eigenvalue weighted by Gasteiger charge is 2.08. The Bertz CT molecular complexity index is 528. The predicted molar refractivity (Wildman–Crippen MR) is 66.2 cm³/mol. The number of hydrogen-bond donors (Lipinski definition) is 1. The zero-order chi connectivity index (χ0) is 13.0. The first-order valence-electron chi connectivity index (χ1n) is 5.33. The summed E-state index contributed by atoms with van der Waals surface area (Å²) < 4.78 is 0. The summed E-state index contributed by atoms with van der Waals surface area (Å²) in [5.74, 6) is -0.549. The molecule has 2 rings (SSSR count). The van der Waals surface area contributed by atoms with Crippen LogP contribution in [0.3, 0.4) is 0 Å². The summed E-state index contributed by atoms with van der Waals surface area (Å²) in [6.45, 7) is -0.136. The summed E-state index contributed by atoms with van der Waals surface area (Å²) in [5.41, 5.74) is 1.58. The SMILES string of the molecule is CN(CC(=O)O)c1ncc(-c2ccccn2)cn1. The van der Waals surface area contributed by atoms with E-state index in [1.54, 1.807) is 25.6 Å². The molecule has 0 aliphatic carbocycles. The molecule has 0 spiro atoms. The van der Waals surface area contributed by atoms with Crippen LogP contribution in [0.5, 0.6) is 0 Å². The van der Waals surface area contributed by atoms with Gasteiger partial charge in [0.2, 0.25) is 5.95 Å². The molecular formula is C12H12N4O2. The maximum Gasteiger partial charge on any atom is 0.323 e. The minimum atomic E-state index is -0.921. The molecule has 0 atom stereocenters. The number of rotatable bonds is 4. The van der Waals surface area contributed by atoms with Gasteiger partial charge in [-0.15, -0.1) is 0 Å². The van der Waals surface area contributed by atoms with Crippen molar-refractivity contribution in [1.82, 2.24) is 15.0 Å². The monoisotopic (exact) mass is 244 g/mol. The Balaban J connectivity index is 2.18. The zero-order valence-corrected chi connectivity index (χ0v) is 9.82. The molecule has 0 unspecified atom stereocenters. The average molecular weight is 244 g/mol. The van der Waals surface area contributed by atoms with E-state index in [1.807, 2.05) is 18.2 Å². The van der Waals surface area contributed by atoms with E-state index >= 15 is 0 Å². The van der Waals surface area contributed by atoms with Gasteiger partial charge in [0.05, 0.1) is 5.69 Å². The molecule has 0 radical (unpaired) electrons. The van der Waals surface area contributed by atoms with Gasteiger partial charge in [-0.3, -0.25) is 9.78 Å². The minimum absolute atomic E-state index is 0.136. The Morgan fingerprint density at radius 3 is 2.56 bits per heavy atom. The molecule has 2 aromatic rings. The second-order valence-corrected chi connectivity index (χ2v) is 3.74. The molecule has 6 heteroatoms. The number of anilines is 1. The van der Waals surface area contributed by atoms with Crippen LogP contribution >= 0.6 is 0 Å². The third-order valence-corrected chi connectivity index (χ3v) is 2.31. The molecule has 0 aliphatic rings. The molecule has 0 aliphatic heterocycles. The van der Waals surface area contributed by atoms with Crippen molar-refractivity contribution in [2.45, 2.75) is 0 Å². The maximum atomic E-state index is 10.6. The molecule has 18 heavy (non-hydrogen) atoms. The molecule has 6 nitrogen and oxygen atoms in total. The van der Waals surface area contributed by atoms with Crippen molar-refractivity contribution >= 4 is 11.9 Å². The fraction of sp³-hybridized carbons (Fsp3) is 0.167. The minimum Gasteiger partial charge on any atom is -0.480 e. The summed E-state index contributed by atoms with van der Waals surface area (Å²) in [6.07, 6.45) is 4.95. The lowest BCUT2D eigenvalue weighted by atomic mass is 10.2. The van der Waals surface area contributed by atoms with Gasteiger partial charge in [-0.05, 0) is 12.1 Å². The van der Waals surface area contributed by atoms with E-state index in [9.17, 15) is 4.79 Å². The van der Waals surface area contributed by atoms with E-state index in [2.05, 4.69) is 15.0 Å². The number of nitrogens with zero attached hydrogens (tertiary/aromatic N) is 4. The molecule has 92 valence electrons. The van der Waals surface area contributed by atoms with Gasteiger partial charge in [-0.25, -0.2) is 9.97 Å². The summed E-state index contributed by atoms with van der Waals surface area (Å²) in [7, 11) is 1.63. The molecule has 0 bridgehead atoms. The van der Waals surface area contributed by atoms with Gasteiger partial charge in [0.1, 0.15) is 6.54 Å². The Morgan fingerprint density at radius 2 is 2.00 bits per heavy atom. The average Bonchev–Trinajstić information content (AvgIpc) is 2.39. The number of carboxylic acids is 1. The maximum absolute atomic E-state index is 10.6. The van der Waals surface area contributed by atoms with E-state index in [-0.39, 0.29) is 6.54 Å². The van der Waals surface area contributed by atoms with Gasteiger partial charge in [0, 0.05) is 31.2 Å². The van der Waals surface area contributed by atoms with Crippen LogP contribution in [0.2, 0.25) is 0 Å². The molecule has 0 aromatic carbocycles. The van der Waals surface area contributed by atoms with E-state index in [4.69, 9.17) is 5.11 Å². The fourth-order valence-corrected chi connectivity index (χ4v) is 1.46. The molecule has 0 saturated heterocycles. The first-order chi connectivity index (χ1) is 8.66. The normalized spacial score (nSPS) is 10.1. The number of carboxylic acid groups (broad SMARTS) is 1. The highest BCUT2D eigenvalue weighted by Crippen LogP contribution is 2.15. The van der Waals surface area contributed by atoms with Crippen LogP contribution in [0.15, 0.2) is 36.8 Å². The quantitative estimate of drug-likeness (QED) is 0.866. The second kappa shape index (κ2) is 5.22. The van der Waals surface area contributed by atoms with Crippen LogP contribution in [-0.4, -0.2) is 39.6 Å². The fourth-order valence-electron chi connectivity index (χ4n) is 1.46. The number of likely N-dealkylation sites (N-methyl/N-ethyl adjacent to an activating group) is 1. The van der Waals surface area contributed by atoms with Crippen molar-refractivity contribution in [1.29, 1.82) is 0 Å². The third-order valence-electron chi connectivity index (χ3n) is 2.31. The van der Waals surface area contributed by atoms with Gasteiger partial charge in [-0.1, -0.05) is 6.07 Å². The van der Waals surface area contributed by atoms with Crippen LogP contribution in [0.1, 0.15) is 0 Å². The largest absolute Gasteiger partial charge is 0.480 e. The van der Waals surface area contributed by atoms with Crippen LogP contribution < -0.4 is 4.90 Å². The van der Waals surface area contributed by atoms with Crippen molar-refractivity contribution in [3.63, 3.8) is 0 Å². The number of aliphatic carboxylic acids is 1. The molecule has 0 saturated carbocycles. The first kappa shape index (κ1) is 12.0. The molecule has 2 aromatic heterocycles. The van der Waals surface area contributed by atoms with Gasteiger partial charge in [-0.2, -0.15) is 0 Å². The van der Waals surface area contributed by atoms with Crippen molar-refractivity contribution < 1.29 is 9.90 Å². The van der Waals surface area contributed by atoms with Gasteiger partial charge < -0.3 is 10.0 Å². The van der Waals surface area contributed by atoms with Gasteiger partial charge >= 0.3 is 5.97 Å². The number of hydrogen-bond acceptors (Lipinski definition) is 5. The Morgan fingerprint density at radius 1 is 1.28 bits per heavy atom. The molecular weight excluding hydrogens is 232 g/mol. The van der Waals surface area contributed by atoms with E-state index in [0.29, 0.717) is 5.95 Å². The summed E-state index contributed by atoms with van der Waals surface area (Å²) in [5, 5.41) is 8.67. The van der Waals surface area contributed by atoms with Gasteiger partial charge in [0.15, 0.2) is 0 Å². The van der Waals surface area contributed by atoms with Crippen molar-refractivity contribution in [3.8, 4) is 11.3 Å². The summed E-state index contributed by atoms with van der Waals surface area (Å²) >= 11 is 0. The molecule has 0 fully saturated rings. The number of pyridine rings is 1. The van der Waals surface area contributed by atoms with E-state index < -0.39 is 5.97 Å². The van der Waals surface area contributed by atoms with Crippen molar-refractivity contribution in [3.05, 3.63) is 36.8 Å². The topological polar surface area (TPSA) is 79.2 Å². The lowest BCUT2D eigenvalue weighted by molar-refractivity contribution is -0.135. The standard InChI is InChI=1S/C12H12N4O2/c1-16(8-11(17)18)12-14-6-9(7-15-12)10-4-2-3-5-13-10/h2-7H,8H2,1H3,(H,17,18). The smallest absolute Gasteiger partial charge is 0.323 e. The molecule has 0 amide bonds. The third kappa shape index (κ3) is 2.79. The highest BCUT2D eigenvalue weighted by atomic mass is 16.4. The summed E-state index contributed by atoms with van der Waals surface area (Å²) in [6, 6.07) is 5.57. The Labute approximate surface area is 104 Å². The Hall–Kier alpha value is -2.50. The van der Waals surface area contributed by atoms with E-state index in [0.717, 1.165) is 11.3 Å². The van der Waals surface area contributed by atoms with Crippen molar-refractivity contribution in [2.24, 2.45) is 0 Å². The lowest BCUT2D eigenvalue weighted by Gasteiger charge is -2.13. The van der Waals surface area contributed by atoms with Crippen molar-refractivity contribution in [2.75, 3.05) is 18.5 Å². The van der Waals surface area contributed by atoms with Crippen LogP contribution in [-0.2, 0) is 4.79 Å². The molecule has 1 N–H and O–H groups in total. The Kier molecular flexibility index (Phi) is 3.47. The highest BCUT2D eigenvalue weighted by molar-refractivity contribution is 5.72. The van der Waals surface area contributed by atoms with Gasteiger partial charge in [0.25, 0.3) is 0 Å². The zero-order valence-electron chi connectivity index (χ0n) is 9.82. The summed E-state index contributed by atoms with van der Waals surface area (Å²) in [4.78, 5) is 24.5. The number of aromatic nitrogens is 3. The number of carbonyl (C=O) groups is 1. The molecule has 2 heterocycles.